The molecule has 0 radical (unpaired) electrons. The first kappa shape index (κ1) is 16.0. The van der Waals surface area contributed by atoms with Gasteiger partial charge < -0.3 is 11.1 Å². The molecule has 114 valence electrons. The summed E-state index contributed by atoms with van der Waals surface area (Å²) < 4.78 is 0. The standard InChI is InChI=1S/C13H15Cl2N3O3/c14-9-6-7(18(20)21)5-8(12(9)15)13(19)17-11-4-2-1-3-10(11)16/h5-6,10-11H,1-4,16H2,(H,17,19). The molecular formula is C13H15Cl2N3O3. The number of benzene rings is 1. The Labute approximate surface area is 131 Å². The third-order valence-electron chi connectivity index (χ3n) is 3.60. The lowest BCUT2D eigenvalue weighted by Crippen LogP contribution is -2.49. The Morgan fingerprint density at radius 3 is 2.62 bits per heavy atom. The van der Waals surface area contributed by atoms with Crippen molar-refractivity contribution in [1.29, 1.82) is 0 Å². The van der Waals surface area contributed by atoms with Crippen molar-refractivity contribution in [1.82, 2.24) is 5.32 Å². The van der Waals surface area contributed by atoms with Gasteiger partial charge in [0.25, 0.3) is 11.6 Å². The molecule has 2 atom stereocenters. The Morgan fingerprint density at radius 1 is 1.33 bits per heavy atom. The second kappa shape index (κ2) is 6.60. The fraction of sp³-hybridized carbons (Fsp3) is 0.462. The molecule has 2 unspecified atom stereocenters. The summed E-state index contributed by atoms with van der Waals surface area (Å²) in [5.74, 6) is -0.493. The van der Waals surface area contributed by atoms with Crippen LogP contribution < -0.4 is 11.1 Å². The van der Waals surface area contributed by atoms with Gasteiger partial charge in [-0.1, -0.05) is 36.0 Å². The van der Waals surface area contributed by atoms with Gasteiger partial charge in [-0.3, -0.25) is 14.9 Å². The molecule has 0 aliphatic heterocycles. The molecule has 1 aliphatic rings. The maximum absolute atomic E-state index is 12.3. The molecule has 1 saturated carbocycles. The van der Waals surface area contributed by atoms with Crippen LogP contribution in [0.1, 0.15) is 36.0 Å². The van der Waals surface area contributed by atoms with Crippen molar-refractivity contribution in [3.05, 3.63) is 37.9 Å². The van der Waals surface area contributed by atoms with Crippen LogP contribution in [0.4, 0.5) is 5.69 Å². The summed E-state index contributed by atoms with van der Waals surface area (Å²) in [6.07, 6.45) is 3.65. The average molecular weight is 332 g/mol. The summed E-state index contributed by atoms with van der Waals surface area (Å²) in [5.41, 5.74) is 5.69. The summed E-state index contributed by atoms with van der Waals surface area (Å²) in [4.78, 5) is 22.5. The van der Waals surface area contributed by atoms with E-state index in [2.05, 4.69) is 5.32 Å². The van der Waals surface area contributed by atoms with Crippen LogP contribution in [0.25, 0.3) is 0 Å². The first-order valence-electron chi connectivity index (χ1n) is 6.60. The molecule has 0 saturated heterocycles. The van der Waals surface area contributed by atoms with Crippen molar-refractivity contribution < 1.29 is 9.72 Å². The minimum atomic E-state index is -0.620. The number of nitrogens with two attached hydrogens (primary N) is 1. The number of hydrogen-bond acceptors (Lipinski definition) is 4. The third kappa shape index (κ3) is 3.64. The van der Waals surface area contributed by atoms with E-state index in [4.69, 9.17) is 28.9 Å². The SMILES string of the molecule is NC1CCCCC1NC(=O)c1cc([N+](=O)[O-])cc(Cl)c1Cl. The number of nitro groups is 1. The van der Waals surface area contributed by atoms with E-state index in [1.54, 1.807) is 0 Å². The van der Waals surface area contributed by atoms with Gasteiger partial charge in [-0.05, 0) is 12.8 Å². The van der Waals surface area contributed by atoms with E-state index in [0.717, 1.165) is 37.8 Å². The van der Waals surface area contributed by atoms with E-state index in [0.29, 0.717) is 0 Å². The minimum Gasteiger partial charge on any atom is -0.348 e. The number of carbonyl (C=O) groups is 1. The zero-order valence-corrected chi connectivity index (χ0v) is 12.7. The van der Waals surface area contributed by atoms with Crippen LogP contribution in [0.3, 0.4) is 0 Å². The first-order chi connectivity index (χ1) is 9.90. The Kier molecular flexibility index (Phi) is 5.03. The minimum absolute atomic E-state index is 0.00384. The Balaban J connectivity index is 2.24. The van der Waals surface area contributed by atoms with Gasteiger partial charge in [0.1, 0.15) is 0 Å². The maximum Gasteiger partial charge on any atom is 0.271 e. The van der Waals surface area contributed by atoms with Crippen LogP contribution >= 0.6 is 23.2 Å². The number of hydrogen-bond donors (Lipinski definition) is 2. The Bertz CT molecular complexity index is 580. The molecule has 1 aromatic carbocycles. The molecule has 8 heteroatoms. The highest BCUT2D eigenvalue weighted by Gasteiger charge is 2.26. The number of rotatable bonds is 3. The lowest BCUT2D eigenvalue weighted by molar-refractivity contribution is -0.384. The van der Waals surface area contributed by atoms with Gasteiger partial charge in [0.15, 0.2) is 0 Å². The van der Waals surface area contributed by atoms with Gasteiger partial charge in [-0.2, -0.15) is 0 Å². The molecule has 1 aliphatic carbocycles. The number of non-ortho nitro benzene ring substituents is 1. The predicted octanol–water partition coefficient (Wildman–Crippen LogP) is 2.90. The number of amides is 1. The van der Waals surface area contributed by atoms with Crippen molar-refractivity contribution in [3.8, 4) is 0 Å². The number of nitrogens with one attached hydrogen (secondary N) is 1. The molecule has 2 rings (SSSR count). The van der Waals surface area contributed by atoms with Crippen molar-refractivity contribution in [2.45, 2.75) is 37.8 Å². The predicted molar refractivity (Wildman–Crippen MR) is 80.8 cm³/mol. The molecular weight excluding hydrogens is 317 g/mol. The zero-order valence-electron chi connectivity index (χ0n) is 11.1. The average Bonchev–Trinajstić information content (AvgIpc) is 2.43. The summed E-state index contributed by atoms with van der Waals surface area (Å²) in [7, 11) is 0. The van der Waals surface area contributed by atoms with E-state index in [9.17, 15) is 14.9 Å². The zero-order chi connectivity index (χ0) is 15.6. The van der Waals surface area contributed by atoms with Crippen LogP contribution in [0.15, 0.2) is 12.1 Å². The van der Waals surface area contributed by atoms with Crippen molar-refractivity contribution in [2.24, 2.45) is 5.73 Å². The Morgan fingerprint density at radius 2 is 2.00 bits per heavy atom. The van der Waals surface area contributed by atoms with Gasteiger partial charge in [0.2, 0.25) is 0 Å². The lowest BCUT2D eigenvalue weighted by Gasteiger charge is -2.29. The van der Waals surface area contributed by atoms with Gasteiger partial charge in [0, 0.05) is 24.2 Å². The third-order valence-corrected chi connectivity index (χ3v) is 4.41. The number of halogens is 2. The summed E-state index contributed by atoms with van der Waals surface area (Å²) >= 11 is 11.8. The molecule has 0 bridgehead atoms. The fourth-order valence-corrected chi connectivity index (χ4v) is 2.84. The van der Waals surface area contributed by atoms with Crippen molar-refractivity contribution >= 4 is 34.8 Å². The second-order valence-corrected chi connectivity index (χ2v) is 5.86. The Hall–Kier alpha value is -1.37. The topological polar surface area (TPSA) is 98.3 Å². The van der Waals surface area contributed by atoms with Gasteiger partial charge in [-0.15, -0.1) is 0 Å². The van der Waals surface area contributed by atoms with E-state index < -0.39 is 10.8 Å². The summed E-state index contributed by atoms with van der Waals surface area (Å²) in [6.45, 7) is 0. The highest BCUT2D eigenvalue weighted by molar-refractivity contribution is 6.44. The molecule has 1 fully saturated rings. The second-order valence-electron chi connectivity index (χ2n) is 5.07. The molecule has 1 amide bonds. The quantitative estimate of drug-likeness (QED) is 0.657. The summed E-state index contributed by atoms with van der Waals surface area (Å²) in [5, 5.41) is 13.6. The van der Waals surface area contributed by atoms with Gasteiger partial charge in [0.05, 0.1) is 20.5 Å². The van der Waals surface area contributed by atoms with E-state index in [1.807, 2.05) is 0 Å². The smallest absolute Gasteiger partial charge is 0.271 e. The van der Waals surface area contributed by atoms with E-state index >= 15 is 0 Å². The number of nitrogens with zero attached hydrogens (tertiary/aromatic N) is 1. The van der Waals surface area contributed by atoms with Crippen LogP contribution in [-0.2, 0) is 0 Å². The fourth-order valence-electron chi connectivity index (χ4n) is 2.43. The highest BCUT2D eigenvalue weighted by atomic mass is 35.5. The number of carbonyl (C=O) groups excluding carboxylic acids is 1. The van der Waals surface area contributed by atoms with Crippen LogP contribution in [0.5, 0.6) is 0 Å². The van der Waals surface area contributed by atoms with Crippen molar-refractivity contribution in [2.75, 3.05) is 0 Å². The number of nitro benzene ring substituents is 1. The molecule has 21 heavy (non-hydrogen) atoms. The largest absolute Gasteiger partial charge is 0.348 e. The van der Waals surface area contributed by atoms with E-state index in [1.165, 1.54) is 0 Å². The van der Waals surface area contributed by atoms with Gasteiger partial charge >= 0.3 is 0 Å². The normalized spacial score (nSPS) is 21.9. The van der Waals surface area contributed by atoms with Gasteiger partial charge in [-0.25, -0.2) is 0 Å². The highest BCUT2D eigenvalue weighted by Crippen LogP contribution is 2.31. The molecule has 0 aromatic heterocycles. The monoisotopic (exact) mass is 331 g/mol. The molecule has 0 heterocycles. The molecule has 3 N–H and O–H groups in total. The molecule has 6 nitrogen and oxygen atoms in total. The van der Waals surface area contributed by atoms with Crippen molar-refractivity contribution in [3.63, 3.8) is 0 Å². The van der Waals surface area contributed by atoms with Crippen LogP contribution in [-0.4, -0.2) is 22.9 Å². The summed E-state index contributed by atoms with van der Waals surface area (Å²) in [6, 6.07) is 1.97. The lowest BCUT2D eigenvalue weighted by atomic mass is 9.91. The maximum atomic E-state index is 12.3. The van der Waals surface area contributed by atoms with Crippen LogP contribution in [0.2, 0.25) is 10.0 Å². The van der Waals surface area contributed by atoms with E-state index in [-0.39, 0.29) is 33.4 Å². The van der Waals surface area contributed by atoms with Crippen LogP contribution in [0, 0.1) is 10.1 Å². The first-order valence-corrected chi connectivity index (χ1v) is 7.35. The molecule has 1 aromatic rings. The molecule has 0 spiro atoms.